The van der Waals surface area contributed by atoms with Crippen molar-refractivity contribution < 1.29 is 19.1 Å². The highest BCUT2D eigenvalue weighted by Gasteiger charge is 2.44. The Bertz CT molecular complexity index is 649. The molecule has 2 atom stereocenters. The Morgan fingerprint density at radius 2 is 1.96 bits per heavy atom. The Balaban J connectivity index is 1.46. The van der Waals surface area contributed by atoms with Gasteiger partial charge in [-0.25, -0.2) is 4.79 Å². The van der Waals surface area contributed by atoms with E-state index in [4.69, 9.17) is 9.47 Å². The first kappa shape index (κ1) is 20.5. The quantitative estimate of drug-likeness (QED) is 0.712. The summed E-state index contributed by atoms with van der Waals surface area (Å²) < 4.78 is 10.5. The molecule has 0 aromatic carbocycles. The van der Waals surface area contributed by atoms with Crippen molar-refractivity contribution in [3.05, 3.63) is 30.1 Å². The number of rotatable bonds is 7. The van der Waals surface area contributed by atoms with E-state index < -0.39 is 0 Å². The molecule has 154 valence electrons. The lowest BCUT2D eigenvalue weighted by Gasteiger charge is -2.53. The van der Waals surface area contributed by atoms with Gasteiger partial charge in [0.25, 0.3) is 0 Å². The topological polar surface area (TPSA) is 84.0 Å². The van der Waals surface area contributed by atoms with Crippen molar-refractivity contribution in [1.82, 2.24) is 20.1 Å². The van der Waals surface area contributed by atoms with Crippen LogP contribution in [0.4, 0.5) is 4.79 Å². The number of nitrogens with one attached hydrogen (secondary N) is 1. The first-order chi connectivity index (χ1) is 13.6. The predicted molar refractivity (Wildman–Crippen MR) is 104 cm³/mol. The maximum Gasteiger partial charge on any atom is 0.317 e. The van der Waals surface area contributed by atoms with Crippen molar-refractivity contribution >= 4 is 12.0 Å². The molecule has 0 unspecified atom stereocenters. The highest BCUT2D eigenvalue weighted by molar-refractivity contribution is 5.75. The number of aromatic nitrogens is 1. The molecule has 0 radical (unpaired) electrons. The molecule has 0 saturated carbocycles. The molecule has 3 heterocycles. The number of carbonyl (C=O) groups is 2. The molecule has 2 fully saturated rings. The third-order valence-electron chi connectivity index (χ3n) is 5.58. The van der Waals surface area contributed by atoms with E-state index in [1.165, 1.54) is 5.56 Å². The summed E-state index contributed by atoms with van der Waals surface area (Å²) >= 11 is 0. The number of piperidine rings is 1. The van der Waals surface area contributed by atoms with E-state index in [0.29, 0.717) is 32.3 Å². The van der Waals surface area contributed by atoms with Gasteiger partial charge >= 0.3 is 12.0 Å². The van der Waals surface area contributed by atoms with Crippen molar-refractivity contribution in [3.63, 3.8) is 0 Å². The molecule has 28 heavy (non-hydrogen) atoms. The first-order valence-electron chi connectivity index (χ1n) is 10.0. The zero-order chi connectivity index (χ0) is 19.9. The van der Waals surface area contributed by atoms with Crippen molar-refractivity contribution in [3.8, 4) is 0 Å². The average Bonchev–Trinajstić information content (AvgIpc) is 2.69. The number of ether oxygens (including phenoxy) is 2. The van der Waals surface area contributed by atoms with Gasteiger partial charge in [-0.05, 0) is 37.5 Å². The zero-order valence-electron chi connectivity index (χ0n) is 16.7. The summed E-state index contributed by atoms with van der Waals surface area (Å²) in [4.78, 5) is 32.1. The summed E-state index contributed by atoms with van der Waals surface area (Å²) in [6.45, 7) is 4.79. The third kappa shape index (κ3) is 4.80. The molecule has 2 saturated heterocycles. The Hall–Kier alpha value is -2.19. The Morgan fingerprint density at radius 1 is 1.25 bits per heavy atom. The summed E-state index contributed by atoms with van der Waals surface area (Å²) in [6, 6.07) is 4.69. The Kier molecular flexibility index (Phi) is 7.22. The van der Waals surface area contributed by atoms with E-state index >= 15 is 0 Å². The molecule has 1 N–H and O–H groups in total. The molecule has 0 aliphatic carbocycles. The minimum absolute atomic E-state index is 0.105. The normalized spacial score (nSPS) is 23.1. The van der Waals surface area contributed by atoms with Gasteiger partial charge in [0.15, 0.2) is 0 Å². The maximum atomic E-state index is 12.3. The van der Waals surface area contributed by atoms with Gasteiger partial charge < -0.3 is 19.7 Å². The molecule has 0 spiro atoms. The second-order valence-corrected chi connectivity index (χ2v) is 7.20. The fourth-order valence-corrected chi connectivity index (χ4v) is 4.06. The van der Waals surface area contributed by atoms with Gasteiger partial charge in [0.1, 0.15) is 0 Å². The highest BCUT2D eigenvalue weighted by Crippen LogP contribution is 2.39. The van der Waals surface area contributed by atoms with E-state index in [2.05, 4.69) is 27.3 Å². The second-order valence-electron chi connectivity index (χ2n) is 7.20. The van der Waals surface area contributed by atoms with E-state index in [0.717, 1.165) is 19.4 Å². The number of esters is 1. The van der Waals surface area contributed by atoms with Crippen LogP contribution in [0.15, 0.2) is 24.5 Å². The number of likely N-dealkylation sites (tertiary alicyclic amines) is 2. The smallest absolute Gasteiger partial charge is 0.317 e. The van der Waals surface area contributed by atoms with Crippen LogP contribution < -0.4 is 5.32 Å². The number of carbonyl (C=O) groups excluding carboxylic acids is 2. The van der Waals surface area contributed by atoms with Gasteiger partial charge in [0.2, 0.25) is 0 Å². The summed E-state index contributed by atoms with van der Waals surface area (Å²) in [7, 11) is 1.76. The number of hydrogen-bond acceptors (Lipinski definition) is 6. The summed E-state index contributed by atoms with van der Waals surface area (Å²) in [5.41, 5.74) is 1.23. The SMILES string of the molecule is CCOC(=O)CCNC(=O)N1CCC(N2C[C@H](OC)[C@@H]2c2ccncc2)CC1. The minimum Gasteiger partial charge on any atom is -0.466 e. The lowest BCUT2D eigenvalue weighted by molar-refractivity contribution is -0.142. The van der Waals surface area contributed by atoms with Crippen LogP contribution in [0, 0.1) is 0 Å². The monoisotopic (exact) mass is 390 g/mol. The fourth-order valence-electron chi connectivity index (χ4n) is 4.06. The van der Waals surface area contributed by atoms with Gasteiger partial charge in [0, 0.05) is 51.7 Å². The first-order valence-corrected chi connectivity index (χ1v) is 10.0. The summed E-state index contributed by atoms with van der Waals surface area (Å²) in [5, 5.41) is 2.81. The molecule has 2 aliphatic heterocycles. The van der Waals surface area contributed by atoms with E-state index in [9.17, 15) is 9.59 Å². The molecule has 1 aromatic rings. The van der Waals surface area contributed by atoms with E-state index in [-0.39, 0.29) is 30.6 Å². The van der Waals surface area contributed by atoms with Gasteiger partial charge in [-0.1, -0.05) is 0 Å². The van der Waals surface area contributed by atoms with Crippen LogP contribution in [0.25, 0.3) is 0 Å². The van der Waals surface area contributed by atoms with E-state index in [1.54, 1.807) is 14.0 Å². The standard InChI is InChI=1S/C20H30N4O4/c1-3-28-18(25)6-11-22-20(26)23-12-7-16(8-13-23)24-14-17(27-2)19(24)15-4-9-21-10-5-15/h4-5,9-10,16-17,19H,3,6-8,11-14H2,1-2H3,(H,22,26)/t17-,19-/m0/s1. The van der Waals surface area contributed by atoms with Crippen LogP contribution in [-0.2, 0) is 14.3 Å². The largest absolute Gasteiger partial charge is 0.466 e. The lowest BCUT2D eigenvalue weighted by Crippen LogP contribution is -2.60. The Labute approximate surface area is 166 Å². The van der Waals surface area contributed by atoms with Crippen molar-refractivity contribution in [2.45, 2.75) is 44.4 Å². The van der Waals surface area contributed by atoms with Crippen LogP contribution in [0.2, 0.25) is 0 Å². The van der Waals surface area contributed by atoms with Crippen molar-refractivity contribution in [1.29, 1.82) is 0 Å². The molecule has 2 aliphatic rings. The van der Waals surface area contributed by atoms with Gasteiger partial charge in [0.05, 0.1) is 25.2 Å². The predicted octanol–water partition coefficient (Wildman–Crippen LogP) is 1.58. The molecular formula is C20H30N4O4. The number of amides is 2. The molecule has 1 aromatic heterocycles. The minimum atomic E-state index is -0.283. The van der Waals surface area contributed by atoms with Gasteiger partial charge in [-0.15, -0.1) is 0 Å². The summed E-state index contributed by atoms with van der Waals surface area (Å²) in [6.07, 6.45) is 5.91. The van der Waals surface area contributed by atoms with E-state index in [1.807, 2.05) is 17.3 Å². The number of pyridine rings is 1. The molecule has 2 amide bonds. The van der Waals surface area contributed by atoms with Crippen molar-refractivity contribution in [2.24, 2.45) is 0 Å². The van der Waals surface area contributed by atoms with Crippen LogP contribution in [0.1, 0.15) is 37.8 Å². The van der Waals surface area contributed by atoms with Gasteiger partial charge in [-0.2, -0.15) is 0 Å². The Morgan fingerprint density at radius 3 is 2.61 bits per heavy atom. The number of methoxy groups -OCH3 is 1. The second kappa shape index (κ2) is 9.84. The molecular weight excluding hydrogens is 360 g/mol. The van der Waals surface area contributed by atoms with Crippen LogP contribution >= 0.6 is 0 Å². The molecule has 8 nitrogen and oxygen atoms in total. The van der Waals surface area contributed by atoms with Crippen LogP contribution in [0.5, 0.6) is 0 Å². The average molecular weight is 390 g/mol. The number of urea groups is 1. The lowest BCUT2D eigenvalue weighted by atomic mass is 9.87. The molecule has 3 rings (SSSR count). The number of nitrogens with zero attached hydrogens (tertiary/aromatic N) is 3. The van der Waals surface area contributed by atoms with Crippen LogP contribution in [-0.4, -0.2) is 78.8 Å². The maximum absolute atomic E-state index is 12.3. The van der Waals surface area contributed by atoms with Crippen LogP contribution in [0.3, 0.4) is 0 Å². The van der Waals surface area contributed by atoms with Gasteiger partial charge in [-0.3, -0.25) is 14.7 Å². The molecule has 0 bridgehead atoms. The van der Waals surface area contributed by atoms with Crippen molar-refractivity contribution in [2.75, 3.05) is 39.9 Å². The fraction of sp³-hybridized carbons (Fsp3) is 0.650. The zero-order valence-corrected chi connectivity index (χ0v) is 16.7. The highest BCUT2D eigenvalue weighted by atomic mass is 16.5. The summed E-state index contributed by atoms with van der Waals surface area (Å²) in [5.74, 6) is -0.283. The number of hydrogen-bond donors (Lipinski definition) is 1. The molecule has 8 heteroatoms. The third-order valence-corrected chi connectivity index (χ3v) is 5.58.